The number of aryl methyl sites for hydroxylation is 1. The first-order chi connectivity index (χ1) is 8.24. The van der Waals surface area contributed by atoms with Crippen molar-refractivity contribution in [2.24, 2.45) is 11.7 Å². The van der Waals surface area contributed by atoms with E-state index in [2.05, 4.69) is 32.9 Å². The lowest BCUT2D eigenvalue weighted by atomic mass is 9.86. The second-order valence-electron chi connectivity index (χ2n) is 5.60. The van der Waals surface area contributed by atoms with Crippen LogP contribution < -0.4 is 5.73 Å². The van der Waals surface area contributed by atoms with Crippen LogP contribution in [0.4, 0.5) is 0 Å². The van der Waals surface area contributed by atoms with Gasteiger partial charge >= 0.3 is 5.97 Å². The highest BCUT2D eigenvalue weighted by molar-refractivity contribution is 5.77. The second-order valence-corrected chi connectivity index (χ2v) is 5.60. The quantitative estimate of drug-likeness (QED) is 0.843. The number of hydrogen-bond acceptors (Lipinski definition) is 2. The van der Waals surface area contributed by atoms with Crippen molar-refractivity contribution >= 4 is 5.97 Å². The van der Waals surface area contributed by atoms with E-state index in [0.717, 1.165) is 6.42 Å². The van der Waals surface area contributed by atoms with Crippen molar-refractivity contribution in [3.63, 3.8) is 0 Å². The van der Waals surface area contributed by atoms with Crippen LogP contribution in [0.5, 0.6) is 0 Å². The topological polar surface area (TPSA) is 63.3 Å². The lowest BCUT2D eigenvalue weighted by Gasteiger charge is -2.24. The molecule has 1 rings (SSSR count). The van der Waals surface area contributed by atoms with Gasteiger partial charge in [-0.2, -0.15) is 0 Å². The first-order valence-corrected chi connectivity index (χ1v) is 6.31. The molecule has 0 radical (unpaired) electrons. The van der Waals surface area contributed by atoms with Crippen LogP contribution in [0, 0.1) is 19.8 Å². The number of carboxylic acid groups (broad SMARTS) is 1. The molecule has 0 aliphatic carbocycles. The van der Waals surface area contributed by atoms with Crippen molar-refractivity contribution < 1.29 is 9.90 Å². The van der Waals surface area contributed by atoms with Gasteiger partial charge in [0.2, 0.25) is 0 Å². The standard InChI is InChI=1S/C15H23NO2/c1-10(9-15(4,16)14(17)18)8-13-7-5-6-11(2)12(13)3/h5-7,10H,8-9,16H2,1-4H3,(H,17,18). The van der Waals surface area contributed by atoms with E-state index < -0.39 is 11.5 Å². The molecule has 0 saturated carbocycles. The highest BCUT2D eigenvalue weighted by atomic mass is 16.4. The van der Waals surface area contributed by atoms with E-state index >= 15 is 0 Å². The molecule has 0 fully saturated rings. The van der Waals surface area contributed by atoms with Crippen LogP contribution in [0.1, 0.15) is 37.0 Å². The summed E-state index contributed by atoms with van der Waals surface area (Å²) in [4.78, 5) is 11.0. The maximum Gasteiger partial charge on any atom is 0.323 e. The van der Waals surface area contributed by atoms with Crippen molar-refractivity contribution in [3.05, 3.63) is 34.9 Å². The summed E-state index contributed by atoms with van der Waals surface area (Å²) >= 11 is 0. The van der Waals surface area contributed by atoms with Gasteiger partial charge in [-0.15, -0.1) is 0 Å². The Hall–Kier alpha value is -1.35. The molecule has 3 N–H and O–H groups in total. The summed E-state index contributed by atoms with van der Waals surface area (Å²) in [5.74, 6) is -0.688. The highest BCUT2D eigenvalue weighted by Gasteiger charge is 2.29. The minimum Gasteiger partial charge on any atom is -0.480 e. The number of rotatable bonds is 5. The van der Waals surface area contributed by atoms with Gasteiger partial charge in [0, 0.05) is 0 Å². The van der Waals surface area contributed by atoms with Crippen LogP contribution in [0.3, 0.4) is 0 Å². The monoisotopic (exact) mass is 249 g/mol. The van der Waals surface area contributed by atoms with E-state index in [1.165, 1.54) is 16.7 Å². The van der Waals surface area contributed by atoms with Gasteiger partial charge in [0.25, 0.3) is 0 Å². The summed E-state index contributed by atoms with van der Waals surface area (Å²) in [6, 6.07) is 6.24. The van der Waals surface area contributed by atoms with E-state index in [1.54, 1.807) is 6.92 Å². The minimum absolute atomic E-state index is 0.247. The third-order valence-corrected chi connectivity index (χ3v) is 3.55. The molecule has 0 aliphatic heterocycles. The fourth-order valence-corrected chi connectivity index (χ4v) is 2.29. The predicted octanol–water partition coefficient (Wildman–Crippen LogP) is 2.67. The van der Waals surface area contributed by atoms with Gasteiger partial charge in [-0.3, -0.25) is 4.79 Å². The Bertz CT molecular complexity index is 438. The van der Waals surface area contributed by atoms with E-state index in [1.807, 2.05) is 6.07 Å². The summed E-state index contributed by atoms with van der Waals surface area (Å²) in [7, 11) is 0. The number of carboxylic acids is 1. The maximum absolute atomic E-state index is 11.0. The SMILES string of the molecule is Cc1cccc(CC(C)CC(C)(N)C(=O)O)c1C. The number of aliphatic carboxylic acids is 1. The van der Waals surface area contributed by atoms with Crippen molar-refractivity contribution in [1.29, 1.82) is 0 Å². The van der Waals surface area contributed by atoms with Crippen molar-refractivity contribution in [2.45, 2.75) is 46.1 Å². The van der Waals surface area contributed by atoms with Gasteiger partial charge < -0.3 is 10.8 Å². The largest absolute Gasteiger partial charge is 0.480 e. The van der Waals surface area contributed by atoms with Crippen molar-refractivity contribution in [2.75, 3.05) is 0 Å². The number of benzene rings is 1. The fourth-order valence-electron chi connectivity index (χ4n) is 2.29. The third-order valence-electron chi connectivity index (χ3n) is 3.55. The van der Waals surface area contributed by atoms with Gasteiger partial charge in [-0.25, -0.2) is 0 Å². The second kappa shape index (κ2) is 5.53. The Balaban J connectivity index is 2.74. The lowest BCUT2D eigenvalue weighted by Crippen LogP contribution is -2.46. The number of nitrogens with two attached hydrogens (primary N) is 1. The van der Waals surface area contributed by atoms with Crippen LogP contribution in [0.15, 0.2) is 18.2 Å². The molecule has 0 saturated heterocycles. The third kappa shape index (κ3) is 3.57. The summed E-state index contributed by atoms with van der Waals surface area (Å²) in [5.41, 5.74) is 8.48. The van der Waals surface area contributed by atoms with Crippen molar-refractivity contribution in [3.8, 4) is 0 Å². The summed E-state index contributed by atoms with van der Waals surface area (Å²) in [6.07, 6.45) is 1.35. The average Bonchev–Trinajstić information content (AvgIpc) is 2.23. The minimum atomic E-state index is -1.14. The molecule has 18 heavy (non-hydrogen) atoms. The molecule has 0 spiro atoms. The average molecular weight is 249 g/mol. The molecule has 1 aromatic rings. The van der Waals surface area contributed by atoms with E-state index in [9.17, 15) is 4.79 Å². The van der Waals surface area contributed by atoms with Crippen LogP contribution in [-0.2, 0) is 11.2 Å². The zero-order valence-corrected chi connectivity index (χ0v) is 11.7. The molecule has 100 valence electrons. The maximum atomic E-state index is 11.0. The smallest absolute Gasteiger partial charge is 0.323 e. The highest BCUT2D eigenvalue weighted by Crippen LogP contribution is 2.22. The molecule has 0 amide bonds. The van der Waals surface area contributed by atoms with E-state index in [4.69, 9.17) is 10.8 Å². The lowest BCUT2D eigenvalue weighted by molar-refractivity contribution is -0.143. The summed E-state index contributed by atoms with van der Waals surface area (Å²) in [5, 5.41) is 9.03. The Labute approximate surface area is 109 Å². The zero-order valence-electron chi connectivity index (χ0n) is 11.7. The van der Waals surface area contributed by atoms with E-state index in [-0.39, 0.29) is 5.92 Å². The first kappa shape index (κ1) is 14.7. The predicted molar refractivity (Wildman–Crippen MR) is 73.6 cm³/mol. The van der Waals surface area contributed by atoms with Gasteiger partial charge in [0.05, 0.1) is 0 Å². The Morgan fingerprint density at radius 1 is 1.44 bits per heavy atom. The molecular formula is C15H23NO2. The molecular weight excluding hydrogens is 226 g/mol. The van der Waals surface area contributed by atoms with Crippen LogP contribution >= 0.6 is 0 Å². The van der Waals surface area contributed by atoms with Crippen LogP contribution in [0.2, 0.25) is 0 Å². The molecule has 0 aromatic heterocycles. The molecule has 2 unspecified atom stereocenters. The van der Waals surface area contributed by atoms with Crippen LogP contribution in [-0.4, -0.2) is 16.6 Å². The van der Waals surface area contributed by atoms with Gasteiger partial charge in [-0.1, -0.05) is 25.1 Å². The molecule has 0 bridgehead atoms. The Morgan fingerprint density at radius 2 is 2.06 bits per heavy atom. The van der Waals surface area contributed by atoms with Gasteiger partial charge in [0.1, 0.15) is 5.54 Å². The van der Waals surface area contributed by atoms with Crippen LogP contribution in [0.25, 0.3) is 0 Å². The molecule has 2 atom stereocenters. The zero-order chi connectivity index (χ0) is 13.9. The number of carbonyl (C=O) groups is 1. The van der Waals surface area contributed by atoms with Gasteiger partial charge in [-0.05, 0) is 56.2 Å². The summed E-state index contributed by atoms with van der Waals surface area (Å²) in [6.45, 7) is 7.83. The van der Waals surface area contributed by atoms with Gasteiger partial charge in [0.15, 0.2) is 0 Å². The summed E-state index contributed by atoms with van der Waals surface area (Å²) < 4.78 is 0. The normalized spacial score (nSPS) is 16.1. The molecule has 0 aliphatic rings. The van der Waals surface area contributed by atoms with E-state index in [0.29, 0.717) is 6.42 Å². The Morgan fingerprint density at radius 3 is 2.61 bits per heavy atom. The molecule has 3 nitrogen and oxygen atoms in total. The Kier molecular flexibility index (Phi) is 4.52. The number of hydrogen-bond donors (Lipinski definition) is 2. The van der Waals surface area contributed by atoms with Crippen molar-refractivity contribution in [1.82, 2.24) is 0 Å². The first-order valence-electron chi connectivity index (χ1n) is 6.31. The molecule has 0 heterocycles. The molecule has 3 heteroatoms. The molecule has 1 aromatic carbocycles. The fraction of sp³-hybridized carbons (Fsp3) is 0.533.